The minimum atomic E-state index is 0.401. The van der Waals surface area contributed by atoms with Gasteiger partial charge in [0.25, 0.3) is 0 Å². The number of hydrogen-bond acceptors (Lipinski definition) is 5. The Bertz CT molecular complexity index is 660. The number of nitrogens with zero attached hydrogens (tertiary/aromatic N) is 5. The summed E-state index contributed by atoms with van der Waals surface area (Å²) in [5, 5.41) is 12.4. The van der Waals surface area contributed by atoms with E-state index in [2.05, 4.69) is 20.3 Å². The summed E-state index contributed by atoms with van der Waals surface area (Å²) in [5.74, 6) is 0.692. The number of rotatable bonds is 2. The van der Waals surface area contributed by atoms with E-state index < -0.39 is 0 Å². The zero-order valence-corrected chi connectivity index (χ0v) is 8.98. The third-order valence-corrected chi connectivity index (χ3v) is 2.46. The molecule has 3 heterocycles. The smallest absolute Gasteiger partial charge is 0.185 e. The van der Waals surface area contributed by atoms with Gasteiger partial charge in [0.2, 0.25) is 0 Å². The summed E-state index contributed by atoms with van der Waals surface area (Å²) < 4.78 is 1.69. The minimum absolute atomic E-state index is 0.401. The van der Waals surface area contributed by atoms with Crippen LogP contribution in [0.2, 0.25) is 0 Å². The van der Waals surface area contributed by atoms with Crippen LogP contribution in [-0.2, 0) is 6.54 Å². The van der Waals surface area contributed by atoms with E-state index in [1.54, 1.807) is 16.9 Å². The molecule has 2 N–H and O–H groups in total. The van der Waals surface area contributed by atoms with Gasteiger partial charge in [-0.25, -0.2) is 0 Å². The molecular weight excluding hydrogens is 216 g/mol. The zero-order chi connectivity index (χ0) is 11.7. The highest BCUT2D eigenvalue weighted by molar-refractivity contribution is 5.58. The normalized spacial score (nSPS) is 10.9. The summed E-state index contributed by atoms with van der Waals surface area (Å²) in [7, 11) is 0. The van der Waals surface area contributed by atoms with Gasteiger partial charge in [-0.05, 0) is 24.3 Å². The molecule has 0 bridgehead atoms. The molecule has 0 atom stereocenters. The topological polar surface area (TPSA) is 82.0 Å². The SMILES string of the molecule is NCc1cc(-c2nnc3cccnn23)ccn1. The van der Waals surface area contributed by atoms with E-state index in [4.69, 9.17) is 5.73 Å². The fraction of sp³-hybridized carbons (Fsp3) is 0.0909. The first-order chi connectivity index (χ1) is 8.38. The highest BCUT2D eigenvalue weighted by Gasteiger charge is 2.08. The van der Waals surface area contributed by atoms with Crippen molar-refractivity contribution in [1.82, 2.24) is 24.8 Å². The highest BCUT2D eigenvalue weighted by atomic mass is 15.4. The second-order valence-electron chi connectivity index (χ2n) is 3.56. The molecule has 0 saturated carbocycles. The summed E-state index contributed by atoms with van der Waals surface area (Å²) in [6.07, 6.45) is 3.41. The summed E-state index contributed by atoms with van der Waals surface area (Å²) in [4.78, 5) is 4.14. The highest BCUT2D eigenvalue weighted by Crippen LogP contribution is 2.17. The molecule has 17 heavy (non-hydrogen) atoms. The molecule has 0 aliphatic heterocycles. The van der Waals surface area contributed by atoms with Crippen LogP contribution in [0.25, 0.3) is 17.0 Å². The van der Waals surface area contributed by atoms with Crippen molar-refractivity contribution >= 4 is 5.65 Å². The van der Waals surface area contributed by atoms with E-state index >= 15 is 0 Å². The zero-order valence-electron chi connectivity index (χ0n) is 8.98. The second-order valence-corrected chi connectivity index (χ2v) is 3.56. The van der Waals surface area contributed by atoms with Crippen molar-refractivity contribution in [2.75, 3.05) is 0 Å². The Labute approximate surface area is 97.1 Å². The maximum absolute atomic E-state index is 5.56. The largest absolute Gasteiger partial charge is 0.325 e. The van der Waals surface area contributed by atoms with E-state index in [1.165, 1.54) is 0 Å². The molecule has 84 valence electrons. The molecule has 0 amide bonds. The Hall–Kier alpha value is -2.34. The van der Waals surface area contributed by atoms with Crippen LogP contribution in [-0.4, -0.2) is 24.8 Å². The lowest BCUT2D eigenvalue weighted by Gasteiger charge is -2.00. The van der Waals surface area contributed by atoms with Crippen LogP contribution in [0.4, 0.5) is 0 Å². The molecule has 6 heteroatoms. The third kappa shape index (κ3) is 1.64. The molecule has 3 rings (SSSR count). The molecule has 0 unspecified atom stereocenters. The molecular formula is C11H10N6. The maximum atomic E-state index is 5.56. The van der Waals surface area contributed by atoms with E-state index in [0.717, 1.165) is 11.3 Å². The van der Waals surface area contributed by atoms with Gasteiger partial charge in [-0.1, -0.05) is 0 Å². The molecule has 0 aliphatic carbocycles. The van der Waals surface area contributed by atoms with E-state index in [9.17, 15) is 0 Å². The lowest BCUT2D eigenvalue weighted by molar-refractivity contribution is 0.931. The van der Waals surface area contributed by atoms with Gasteiger partial charge in [-0.3, -0.25) is 4.98 Å². The molecule has 3 aromatic rings. The van der Waals surface area contributed by atoms with Crippen LogP contribution in [0.5, 0.6) is 0 Å². The lowest BCUT2D eigenvalue weighted by atomic mass is 10.2. The van der Waals surface area contributed by atoms with E-state index in [1.807, 2.05) is 24.3 Å². The number of pyridine rings is 1. The number of nitrogens with two attached hydrogens (primary N) is 1. The van der Waals surface area contributed by atoms with Gasteiger partial charge in [0.1, 0.15) is 0 Å². The number of hydrogen-bond donors (Lipinski definition) is 1. The Morgan fingerprint density at radius 1 is 1.18 bits per heavy atom. The van der Waals surface area contributed by atoms with Crippen molar-refractivity contribution in [2.24, 2.45) is 5.73 Å². The van der Waals surface area contributed by atoms with Crippen molar-refractivity contribution in [3.05, 3.63) is 42.4 Å². The minimum Gasteiger partial charge on any atom is -0.325 e. The lowest BCUT2D eigenvalue weighted by Crippen LogP contribution is -2.00. The predicted octanol–water partition coefficient (Wildman–Crippen LogP) is 0.645. The summed E-state index contributed by atoms with van der Waals surface area (Å²) in [5.41, 5.74) is 8.00. The monoisotopic (exact) mass is 226 g/mol. The van der Waals surface area contributed by atoms with Crippen molar-refractivity contribution in [1.29, 1.82) is 0 Å². The van der Waals surface area contributed by atoms with Crippen LogP contribution in [0.3, 0.4) is 0 Å². The van der Waals surface area contributed by atoms with Gasteiger partial charge in [-0.15, -0.1) is 10.2 Å². The first kappa shape index (κ1) is 9.86. The van der Waals surface area contributed by atoms with Gasteiger partial charge < -0.3 is 5.73 Å². The van der Waals surface area contributed by atoms with Crippen molar-refractivity contribution in [3.8, 4) is 11.4 Å². The molecule has 0 radical (unpaired) electrons. The third-order valence-electron chi connectivity index (χ3n) is 2.46. The molecule has 0 aromatic carbocycles. The van der Waals surface area contributed by atoms with Crippen molar-refractivity contribution < 1.29 is 0 Å². The number of aromatic nitrogens is 5. The Morgan fingerprint density at radius 2 is 2.12 bits per heavy atom. The van der Waals surface area contributed by atoms with Crippen LogP contribution in [0.15, 0.2) is 36.7 Å². The first-order valence-corrected chi connectivity index (χ1v) is 5.20. The fourth-order valence-corrected chi connectivity index (χ4v) is 1.65. The molecule has 0 saturated heterocycles. The van der Waals surface area contributed by atoms with Gasteiger partial charge in [0.05, 0.1) is 5.69 Å². The average Bonchev–Trinajstić information content (AvgIpc) is 2.82. The van der Waals surface area contributed by atoms with Crippen LogP contribution >= 0.6 is 0 Å². The first-order valence-electron chi connectivity index (χ1n) is 5.20. The Kier molecular flexibility index (Phi) is 2.27. The van der Waals surface area contributed by atoms with Gasteiger partial charge in [-0.2, -0.15) is 9.61 Å². The van der Waals surface area contributed by atoms with E-state index in [0.29, 0.717) is 18.0 Å². The van der Waals surface area contributed by atoms with Gasteiger partial charge in [0, 0.05) is 24.5 Å². The quantitative estimate of drug-likeness (QED) is 0.693. The Balaban J connectivity index is 2.20. The molecule has 0 spiro atoms. The van der Waals surface area contributed by atoms with Crippen LogP contribution in [0.1, 0.15) is 5.69 Å². The Morgan fingerprint density at radius 3 is 3.00 bits per heavy atom. The molecule has 3 aromatic heterocycles. The summed E-state index contributed by atoms with van der Waals surface area (Å²) >= 11 is 0. The van der Waals surface area contributed by atoms with Gasteiger partial charge >= 0.3 is 0 Å². The molecule has 6 nitrogen and oxygen atoms in total. The average molecular weight is 226 g/mol. The number of fused-ring (bicyclic) bond motifs is 1. The maximum Gasteiger partial charge on any atom is 0.185 e. The van der Waals surface area contributed by atoms with Crippen molar-refractivity contribution in [3.63, 3.8) is 0 Å². The molecule has 0 fully saturated rings. The standard InChI is InChI=1S/C11H10N6/c12-7-9-6-8(3-5-13-9)11-16-15-10-2-1-4-14-17(10)11/h1-6H,7,12H2. The predicted molar refractivity (Wildman–Crippen MR) is 61.9 cm³/mol. The van der Waals surface area contributed by atoms with E-state index in [-0.39, 0.29) is 0 Å². The fourth-order valence-electron chi connectivity index (χ4n) is 1.65. The molecule has 0 aliphatic rings. The second kappa shape index (κ2) is 3.91. The summed E-state index contributed by atoms with van der Waals surface area (Å²) in [6, 6.07) is 7.44. The van der Waals surface area contributed by atoms with Crippen molar-refractivity contribution in [2.45, 2.75) is 6.54 Å². The summed E-state index contributed by atoms with van der Waals surface area (Å²) in [6.45, 7) is 0.401. The van der Waals surface area contributed by atoms with Crippen LogP contribution < -0.4 is 5.73 Å². The van der Waals surface area contributed by atoms with Gasteiger partial charge in [0.15, 0.2) is 11.5 Å². The van der Waals surface area contributed by atoms with Crippen LogP contribution in [0, 0.1) is 0 Å².